The monoisotopic (exact) mass is 443 g/mol. The Morgan fingerprint density at radius 2 is 1.97 bits per heavy atom. The molecule has 9 heteroatoms. The van der Waals surface area contributed by atoms with E-state index in [1.807, 2.05) is 0 Å². The maximum atomic E-state index is 13.9. The Balaban J connectivity index is 1.54. The number of benzene rings is 1. The third kappa shape index (κ3) is 4.42. The molecule has 31 heavy (non-hydrogen) atoms. The molecule has 2 amide bonds. The van der Waals surface area contributed by atoms with Gasteiger partial charge in [0.1, 0.15) is 11.5 Å². The molecule has 1 aliphatic carbocycles. The van der Waals surface area contributed by atoms with E-state index in [0.717, 1.165) is 42.7 Å². The molecule has 2 aromatic rings. The fraction of sp³-hybridized carbons (Fsp3) is 0.318. The molecule has 0 spiro atoms. The van der Waals surface area contributed by atoms with Crippen LogP contribution in [0.5, 0.6) is 0 Å². The molecule has 0 bridgehead atoms. The van der Waals surface area contributed by atoms with Crippen LogP contribution in [0.25, 0.3) is 0 Å². The Bertz CT molecular complexity index is 1140. The van der Waals surface area contributed by atoms with Gasteiger partial charge in [-0.25, -0.2) is 17.5 Å². The van der Waals surface area contributed by atoms with E-state index in [-0.39, 0.29) is 34.8 Å². The first-order chi connectivity index (χ1) is 14.9. The van der Waals surface area contributed by atoms with Gasteiger partial charge in [-0.1, -0.05) is 17.7 Å². The molecule has 2 aliphatic rings. The first kappa shape index (κ1) is 21.3. The van der Waals surface area contributed by atoms with E-state index in [1.54, 1.807) is 6.07 Å². The third-order valence-corrected chi connectivity index (χ3v) is 7.04. The number of nitrogens with one attached hydrogen (secondary N) is 1. The van der Waals surface area contributed by atoms with Crippen molar-refractivity contribution >= 4 is 21.8 Å². The Morgan fingerprint density at radius 3 is 2.71 bits per heavy atom. The number of carbonyl (C=O) groups is 2. The van der Waals surface area contributed by atoms with Crippen molar-refractivity contribution in [2.45, 2.75) is 43.5 Å². The van der Waals surface area contributed by atoms with Crippen LogP contribution in [-0.4, -0.2) is 36.7 Å². The van der Waals surface area contributed by atoms with Crippen molar-refractivity contribution in [3.05, 3.63) is 70.8 Å². The third-order valence-electron chi connectivity index (χ3n) is 5.50. The number of hydrogen-bond donors (Lipinski definition) is 1. The number of fused-ring (bicyclic) bond motifs is 1. The lowest BCUT2D eigenvalue weighted by Gasteiger charge is -2.18. The summed E-state index contributed by atoms with van der Waals surface area (Å²) in [7, 11) is -4.04. The Morgan fingerprint density at radius 1 is 1.13 bits per heavy atom. The zero-order valence-corrected chi connectivity index (χ0v) is 17.6. The van der Waals surface area contributed by atoms with E-state index in [0.29, 0.717) is 6.42 Å². The van der Waals surface area contributed by atoms with Crippen LogP contribution in [-0.2, 0) is 16.6 Å². The highest BCUT2D eigenvalue weighted by Crippen LogP contribution is 2.26. The van der Waals surface area contributed by atoms with Gasteiger partial charge >= 0.3 is 0 Å². The van der Waals surface area contributed by atoms with Gasteiger partial charge < -0.3 is 0 Å². The SMILES string of the molecule is O=C1c2cccnc2C(=O)N1Cc1ccc(F)cc1S(=O)(=O)NCCC1=CCCCC1. The van der Waals surface area contributed by atoms with Gasteiger partial charge in [0.15, 0.2) is 0 Å². The van der Waals surface area contributed by atoms with Gasteiger partial charge in [0.25, 0.3) is 11.8 Å². The molecule has 2 heterocycles. The smallest absolute Gasteiger partial charge is 0.268 e. The number of nitrogens with zero attached hydrogens (tertiary/aromatic N) is 2. The molecule has 4 rings (SSSR count). The first-order valence-corrected chi connectivity index (χ1v) is 11.6. The quantitative estimate of drug-likeness (QED) is 0.524. The van der Waals surface area contributed by atoms with Crippen LogP contribution in [0, 0.1) is 5.82 Å². The van der Waals surface area contributed by atoms with Crippen molar-refractivity contribution < 1.29 is 22.4 Å². The summed E-state index contributed by atoms with van der Waals surface area (Å²) in [5.74, 6) is -1.88. The number of imide groups is 1. The van der Waals surface area contributed by atoms with Crippen LogP contribution in [0.4, 0.5) is 4.39 Å². The number of amides is 2. The van der Waals surface area contributed by atoms with E-state index in [4.69, 9.17) is 0 Å². The number of carbonyl (C=O) groups excluding carboxylic acids is 2. The average molecular weight is 444 g/mol. The predicted octanol–water partition coefficient (Wildman–Crippen LogP) is 3.19. The van der Waals surface area contributed by atoms with E-state index >= 15 is 0 Å². The molecule has 162 valence electrons. The molecular formula is C22H22FN3O4S. The number of rotatable bonds is 7. The van der Waals surface area contributed by atoms with E-state index in [2.05, 4.69) is 15.8 Å². The maximum Gasteiger partial charge on any atom is 0.280 e. The lowest BCUT2D eigenvalue weighted by Crippen LogP contribution is -2.31. The standard InChI is InChI=1S/C22H22FN3O4S/c23-17-9-8-16(14-26-21(27)18-7-4-11-24-20(18)22(26)28)19(13-17)31(29,30)25-12-10-15-5-2-1-3-6-15/h4-5,7-9,11,13,25H,1-3,6,10,12,14H2. The van der Waals surface area contributed by atoms with Gasteiger partial charge in [-0.3, -0.25) is 19.5 Å². The number of pyridine rings is 1. The fourth-order valence-corrected chi connectivity index (χ4v) is 5.16. The van der Waals surface area contributed by atoms with Gasteiger partial charge in [-0.05, 0) is 61.9 Å². The number of halogens is 1. The molecule has 0 radical (unpaired) electrons. The molecule has 7 nitrogen and oxygen atoms in total. The first-order valence-electron chi connectivity index (χ1n) is 10.1. The second kappa shape index (κ2) is 8.68. The van der Waals surface area contributed by atoms with Gasteiger partial charge in [-0.2, -0.15) is 0 Å². The van der Waals surface area contributed by atoms with Crippen molar-refractivity contribution in [1.82, 2.24) is 14.6 Å². The highest BCUT2D eigenvalue weighted by Gasteiger charge is 2.37. The van der Waals surface area contributed by atoms with Crippen LogP contribution < -0.4 is 4.72 Å². The molecule has 1 aromatic carbocycles. The van der Waals surface area contributed by atoms with Crippen molar-refractivity contribution in [3.63, 3.8) is 0 Å². The van der Waals surface area contributed by atoms with Crippen LogP contribution in [0.2, 0.25) is 0 Å². The molecule has 1 aromatic heterocycles. The highest BCUT2D eigenvalue weighted by atomic mass is 32.2. The van der Waals surface area contributed by atoms with Gasteiger partial charge in [0, 0.05) is 12.7 Å². The van der Waals surface area contributed by atoms with Crippen LogP contribution in [0.1, 0.15) is 58.5 Å². The van der Waals surface area contributed by atoms with Gasteiger partial charge in [0.2, 0.25) is 10.0 Å². The number of sulfonamides is 1. The largest absolute Gasteiger partial charge is 0.280 e. The molecule has 0 unspecified atom stereocenters. The topological polar surface area (TPSA) is 96.4 Å². The summed E-state index contributed by atoms with van der Waals surface area (Å²) >= 11 is 0. The zero-order chi connectivity index (χ0) is 22.0. The highest BCUT2D eigenvalue weighted by molar-refractivity contribution is 7.89. The van der Waals surface area contributed by atoms with Crippen molar-refractivity contribution in [1.29, 1.82) is 0 Å². The molecule has 0 saturated heterocycles. The van der Waals surface area contributed by atoms with E-state index < -0.39 is 27.7 Å². The Kier molecular flexibility index (Phi) is 5.97. The minimum Gasteiger partial charge on any atom is -0.268 e. The average Bonchev–Trinajstić information content (AvgIpc) is 3.00. The van der Waals surface area contributed by atoms with E-state index in [1.165, 1.54) is 23.9 Å². The summed E-state index contributed by atoms with van der Waals surface area (Å²) < 4.78 is 42.2. The molecule has 0 saturated carbocycles. The van der Waals surface area contributed by atoms with Gasteiger partial charge in [0.05, 0.1) is 17.0 Å². The van der Waals surface area contributed by atoms with E-state index in [9.17, 15) is 22.4 Å². The molecule has 0 atom stereocenters. The lowest BCUT2D eigenvalue weighted by molar-refractivity contribution is 0.0639. The number of hydrogen-bond acceptors (Lipinski definition) is 5. The maximum absolute atomic E-state index is 13.9. The number of aromatic nitrogens is 1. The summed E-state index contributed by atoms with van der Waals surface area (Å²) in [6, 6.07) is 6.34. The normalized spacial score (nSPS) is 16.4. The minimum atomic E-state index is -4.04. The molecule has 1 aliphatic heterocycles. The summed E-state index contributed by atoms with van der Waals surface area (Å²) in [5.41, 5.74) is 1.56. The second-order valence-electron chi connectivity index (χ2n) is 7.60. The lowest BCUT2D eigenvalue weighted by atomic mass is 9.97. The predicted molar refractivity (Wildman–Crippen MR) is 111 cm³/mol. The van der Waals surface area contributed by atoms with Crippen molar-refractivity contribution in [2.24, 2.45) is 0 Å². The van der Waals surface area contributed by atoms with Crippen molar-refractivity contribution in [3.8, 4) is 0 Å². The summed E-state index contributed by atoms with van der Waals surface area (Å²) in [5, 5.41) is 0. The van der Waals surface area contributed by atoms with Crippen LogP contribution >= 0.6 is 0 Å². The summed E-state index contributed by atoms with van der Waals surface area (Å²) in [6.07, 6.45) is 8.35. The van der Waals surface area contributed by atoms with Crippen LogP contribution in [0.15, 0.2) is 53.1 Å². The summed E-state index contributed by atoms with van der Waals surface area (Å²) in [6.45, 7) is -0.100. The van der Waals surface area contributed by atoms with Gasteiger partial charge in [-0.15, -0.1) is 0 Å². The molecule has 0 fully saturated rings. The number of allylic oxidation sites excluding steroid dienone is 1. The zero-order valence-electron chi connectivity index (χ0n) is 16.8. The minimum absolute atomic E-state index is 0.0258. The summed E-state index contributed by atoms with van der Waals surface area (Å²) in [4.78, 5) is 29.8. The van der Waals surface area contributed by atoms with Crippen LogP contribution in [0.3, 0.4) is 0 Å². The van der Waals surface area contributed by atoms with Crippen molar-refractivity contribution in [2.75, 3.05) is 6.54 Å². The Labute approximate surface area is 180 Å². The molecular weight excluding hydrogens is 421 g/mol. The fourth-order valence-electron chi connectivity index (χ4n) is 3.89. The Hall–Kier alpha value is -2.91. The second-order valence-corrected chi connectivity index (χ2v) is 9.34. The molecule has 1 N–H and O–H groups in total.